The van der Waals surface area contributed by atoms with Gasteiger partial charge in [-0.3, -0.25) is 9.69 Å². The van der Waals surface area contributed by atoms with Crippen molar-refractivity contribution in [3.05, 3.63) is 35.1 Å². The third-order valence-corrected chi connectivity index (χ3v) is 8.20. The van der Waals surface area contributed by atoms with Gasteiger partial charge >= 0.3 is 6.09 Å². The second-order valence-electron chi connectivity index (χ2n) is 10.9. The molecule has 1 saturated carbocycles. The summed E-state index contributed by atoms with van der Waals surface area (Å²) in [5.74, 6) is 1.19. The standard InChI is InChI=1S/C27H32ClN5O5/c1-16-24(31-22-6-5-17(12-21(22)28)32-9-3-4-23(32)34)29-15-30-25(16)37-20-10-18-13-36-14-19(11-20)33(18)26(35)38-27(2)7-8-27/h5-6,12,15,18-20H,3-4,7-11,13-14H2,1-2H3,(H,29,30,31). The highest BCUT2D eigenvalue weighted by atomic mass is 35.5. The molecular formula is C27H32ClN5O5. The summed E-state index contributed by atoms with van der Waals surface area (Å²) in [6, 6.07) is 5.34. The highest BCUT2D eigenvalue weighted by molar-refractivity contribution is 6.33. The number of carbonyl (C=O) groups is 2. The predicted molar refractivity (Wildman–Crippen MR) is 141 cm³/mol. The molecule has 202 valence electrons. The summed E-state index contributed by atoms with van der Waals surface area (Å²) in [7, 11) is 0. The number of hydrogen-bond donors (Lipinski definition) is 1. The Morgan fingerprint density at radius 1 is 1.21 bits per heavy atom. The van der Waals surface area contributed by atoms with E-state index in [9.17, 15) is 9.59 Å². The molecule has 2 aromatic rings. The van der Waals surface area contributed by atoms with Crippen LogP contribution in [0.4, 0.5) is 22.0 Å². The lowest BCUT2D eigenvalue weighted by Gasteiger charge is -2.47. The summed E-state index contributed by atoms with van der Waals surface area (Å²) < 4.78 is 17.9. The van der Waals surface area contributed by atoms with E-state index >= 15 is 0 Å². The number of ether oxygens (including phenoxy) is 3. The van der Waals surface area contributed by atoms with E-state index < -0.39 is 0 Å². The van der Waals surface area contributed by atoms with E-state index in [4.69, 9.17) is 25.8 Å². The van der Waals surface area contributed by atoms with Crippen molar-refractivity contribution in [2.45, 2.75) is 76.2 Å². The fourth-order valence-corrected chi connectivity index (χ4v) is 5.68. The Labute approximate surface area is 226 Å². The first-order valence-corrected chi connectivity index (χ1v) is 13.6. The molecule has 1 aromatic carbocycles. The molecular weight excluding hydrogens is 510 g/mol. The molecule has 2 unspecified atom stereocenters. The zero-order chi connectivity index (χ0) is 26.4. The number of nitrogens with zero attached hydrogens (tertiary/aromatic N) is 4. The fourth-order valence-electron chi connectivity index (χ4n) is 5.46. The molecule has 10 nitrogen and oxygen atoms in total. The third-order valence-electron chi connectivity index (χ3n) is 7.88. The first kappa shape index (κ1) is 25.2. The van der Waals surface area contributed by atoms with Crippen LogP contribution >= 0.6 is 11.6 Å². The van der Waals surface area contributed by atoms with Crippen molar-refractivity contribution in [3.8, 4) is 5.88 Å². The van der Waals surface area contributed by atoms with Crippen LogP contribution in [0, 0.1) is 6.92 Å². The van der Waals surface area contributed by atoms with Crippen molar-refractivity contribution in [2.75, 3.05) is 30.0 Å². The average molecular weight is 542 g/mol. The van der Waals surface area contributed by atoms with E-state index in [2.05, 4.69) is 15.3 Å². The summed E-state index contributed by atoms with van der Waals surface area (Å²) >= 11 is 6.56. The van der Waals surface area contributed by atoms with E-state index in [-0.39, 0.29) is 35.8 Å². The summed E-state index contributed by atoms with van der Waals surface area (Å²) in [5, 5.41) is 3.78. The highest BCUT2D eigenvalue weighted by Gasteiger charge is 2.48. The molecule has 6 rings (SSSR count). The van der Waals surface area contributed by atoms with Gasteiger partial charge in [-0.15, -0.1) is 0 Å². The lowest BCUT2D eigenvalue weighted by Crippen LogP contribution is -2.61. The molecule has 0 spiro atoms. The number of hydrogen-bond acceptors (Lipinski definition) is 8. The maximum atomic E-state index is 12.9. The number of morpholine rings is 1. The lowest BCUT2D eigenvalue weighted by atomic mass is 9.92. The number of nitrogens with one attached hydrogen (secondary N) is 1. The molecule has 3 aliphatic heterocycles. The van der Waals surface area contributed by atoms with Crippen LogP contribution in [0.5, 0.6) is 5.88 Å². The Kier molecular flexibility index (Phi) is 6.55. The van der Waals surface area contributed by atoms with Crippen molar-refractivity contribution in [3.63, 3.8) is 0 Å². The number of halogens is 1. The Morgan fingerprint density at radius 2 is 1.97 bits per heavy atom. The molecule has 38 heavy (non-hydrogen) atoms. The molecule has 2 bridgehead atoms. The van der Waals surface area contributed by atoms with Crippen molar-refractivity contribution in [1.82, 2.24) is 14.9 Å². The van der Waals surface area contributed by atoms with Gasteiger partial charge in [0.15, 0.2) is 0 Å². The van der Waals surface area contributed by atoms with Crippen LogP contribution in [0.2, 0.25) is 5.02 Å². The summed E-state index contributed by atoms with van der Waals surface area (Å²) in [5.41, 5.74) is 1.92. The summed E-state index contributed by atoms with van der Waals surface area (Å²) in [6.45, 7) is 5.52. The lowest BCUT2D eigenvalue weighted by molar-refractivity contribution is -0.117. The van der Waals surface area contributed by atoms with Gasteiger partial charge in [0.05, 0.1) is 41.6 Å². The monoisotopic (exact) mass is 541 g/mol. The Hall–Kier alpha value is -3.11. The van der Waals surface area contributed by atoms with Gasteiger partial charge in [0, 0.05) is 31.5 Å². The van der Waals surface area contributed by atoms with Gasteiger partial charge in [0.25, 0.3) is 0 Å². The molecule has 2 atom stereocenters. The minimum absolute atomic E-state index is 0.0955. The molecule has 1 N–H and O–H groups in total. The SMILES string of the molecule is Cc1c(Nc2ccc(N3CCCC3=O)cc2Cl)ncnc1OC1CC2COCC(C1)N2C(=O)OC1(C)CC1. The van der Waals surface area contributed by atoms with Crippen LogP contribution in [0.15, 0.2) is 24.5 Å². The number of anilines is 3. The van der Waals surface area contributed by atoms with Gasteiger partial charge in [0.1, 0.15) is 23.9 Å². The maximum Gasteiger partial charge on any atom is 0.410 e. The van der Waals surface area contributed by atoms with Crippen molar-refractivity contribution < 1.29 is 23.8 Å². The minimum atomic E-state index is -0.310. The topological polar surface area (TPSA) is 106 Å². The number of rotatable bonds is 6. The van der Waals surface area contributed by atoms with E-state index in [0.717, 1.165) is 30.5 Å². The molecule has 2 amide bonds. The van der Waals surface area contributed by atoms with Crippen molar-refractivity contribution in [1.29, 1.82) is 0 Å². The first-order chi connectivity index (χ1) is 18.3. The number of piperidine rings is 1. The fraction of sp³-hybridized carbons (Fsp3) is 0.556. The van der Waals surface area contributed by atoms with Gasteiger partial charge in [-0.25, -0.2) is 14.8 Å². The largest absolute Gasteiger partial charge is 0.474 e. The van der Waals surface area contributed by atoms with E-state index in [0.29, 0.717) is 61.4 Å². The summed E-state index contributed by atoms with van der Waals surface area (Å²) in [4.78, 5) is 37.4. The second-order valence-corrected chi connectivity index (χ2v) is 11.3. The minimum Gasteiger partial charge on any atom is -0.474 e. The van der Waals surface area contributed by atoms with E-state index in [1.165, 1.54) is 6.33 Å². The zero-order valence-electron chi connectivity index (χ0n) is 21.6. The normalized spacial score (nSPS) is 25.8. The number of aromatic nitrogens is 2. The molecule has 4 fully saturated rings. The number of benzene rings is 1. The molecule has 1 aromatic heterocycles. The zero-order valence-corrected chi connectivity index (χ0v) is 22.4. The van der Waals surface area contributed by atoms with Gasteiger partial charge in [-0.1, -0.05) is 11.6 Å². The molecule has 4 aliphatic rings. The van der Waals surface area contributed by atoms with Crippen LogP contribution in [0.3, 0.4) is 0 Å². The first-order valence-electron chi connectivity index (χ1n) is 13.2. The predicted octanol–water partition coefficient (Wildman–Crippen LogP) is 4.61. The van der Waals surface area contributed by atoms with Crippen molar-refractivity contribution in [2.24, 2.45) is 0 Å². The molecule has 11 heteroatoms. The molecule has 0 radical (unpaired) electrons. The van der Waals surface area contributed by atoms with Gasteiger partial charge < -0.3 is 24.4 Å². The Bertz CT molecular complexity index is 1240. The van der Waals surface area contributed by atoms with E-state index in [1.54, 1.807) is 11.0 Å². The van der Waals surface area contributed by atoms with Crippen LogP contribution < -0.4 is 15.0 Å². The van der Waals surface area contributed by atoms with Crippen LogP contribution in [0.1, 0.15) is 51.0 Å². The molecule has 3 saturated heterocycles. The second kappa shape index (κ2) is 9.89. The smallest absolute Gasteiger partial charge is 0.410 e. The van der Waals surface area contributed by atoms with Gasteiger partial charge in [-0.2, -0.15) is 0 Å². The maximum absolute atomic E-state index is 12.9. The van der Waals surface area contributed by atoms with Gasteiger partial charge in [-0.05, 0) is 51.3 Å². The average Bonchev–Trinajstić information content (AvgIpc) is 3.44. The van der Waals surface area contributed by atoms with Crippen LogP contribution in [-0.4, -0.2) is 70.4 Å². The number of amides is 2. The summed E-state index contributed by atoms with van der Waals surface area (Å²) in [6.07, 6.45) is 5.63. The Morgan fingerprint density at radius 3 is 2.63 bits per heavy atom. The van der Waals surface area contributed by atoms with E-state index in [1.807, 2.05) is 30.9 Å². The van der Waals surface area contributed by atoms with Crippen LogP contribution in [0.25, 0.3) is 0 Å². The quantitative estimate of drug-likeness (QED) is 0.565. The van der Waals surface area contributed by atoms with Crippen molar-refractivity contribution >= 4 is 40.8 Å². The third kappa shape index (κ3) is 4.99. The van der Waals surface area contributed by atoms with Crippen LogP contribution in [-0.2, 0) is 14.3 Å². The number of fused-ring (bicyclic) bond motifs is 2. The van der Waals surface area contributed by atoms with Gasteiger partial charge in [0.2, 0.25) is 11.8 Å². The molecule has 4 heterocycles. The Balaban J connectivity index is 1.13. The number of carbonyl (C=O) groups excluding carboxylic acids is 2. The molecule has 1 aliphatic carbocycles. The highest BCUT2D eigenvalue weighted by Crippen LogP contribution is 2.41.